The molecule has 1 N–H and O–H groups in total. The molecule has 0 saturated carbocycles. The predicted molar refractivity (Wildman–Crippen MR) is 65.2 cm³/mol. The third-order valence-electron chi connectivity index (χ3n) is 1.74. The number of Topliss-reactive ketones (excluding diaryl/α,β-unsaturated/α-hetero) is 1. The fraction of sp³-hybridized carbons (Fsp3) is 0.417. The van der Waals surface area contributed by atoms with Crippen LogP contribution < -0.4 is 4.72 Å². The molecule has 15 heavy (non-hydrogen) atoms. The van der Waals surface area contributed by atoms with Crippen LogP contribution in [0.25, 0.3) is 0 Å². The van der Waals surface area contributed by atoms with Crippen molar-refractivity contribution >= 4 is 17.7 Å². The molecule has 0 fully saturated rings. The highest BCUT2D eigenvalue weighted by atomic mass is 32.2. The lowest BCUT2D eigenvalue weighted by Gasteiger charge is -2.19. The van der Waals surface area contributed by atoms with Gasteiger partial charge >= 0.3 is 0 Å². The Bertz CT molecular complexity index is 338. The smallest absolute Gasteiger partial charge is 0.159 e. The van der Waals surface area contributed by atoms with Crippen LogP contribution in [-0.2, 0) is 0 Å². The highest BCUT2D eigenvalue weighted by Gasteiger charge is 2.09. The molecule has 0 amide bonds. The molecule has 2 nitrogen and oxygen atoms in total. The van der Waals surface area contributed by atoms with Gasteiger partial charge in [-0.25, -0.2) is 0 Å². The molecule has 0 aliphatic heterocycles. The zero-order valence-corrected chi connectivity index (χ0v) is 10.4. The SMILES string of the molecule is CC(=O)c1ccc(SNC(C)(C)C)cc1. The van der Waals surface area contributed by atoms with Gasteiger partial charge in [0.1, 0.15) is 0 Å². The summed E-state index contributed by atoms with van der Waals surface area (Å²) in [5.74, 6) is 0.107. The van der Waals surface area contributed by atoms with E-state index in [9.17, 15) is 4.79 Å². The summed E-state index contributed by atoms with van der Waals surface area (Å²) in [5.41, 5.74) is 0.847. The third-order valence-corrected chi connectivity index (χ3v) is 2.96. The summed E-state index contributed by atoms with van der Waals surface area (Å²) in [5, 5.41) is 0. The fourth-order valence-electron chi connectivity index (χ4n) is 0.970. The molecule has 1 rings (SSSR count). The number of carbonyl (C=O) groups excluding carboxylic acids is 1. The van der Waals surface area contributed by atoms with Crippen molar-refractivity contribution < 1.29 is 4.79 Å². The maximum Gasteiger partial charge on any atom is 0.159 e. The fourth-order valence-corrected chi connectivity index (χ4v) is 1.67. The lowest BCUT2D eigenvalue weighted by molar-refractivity contribution is 0.101. The lowest BCUT2D eigenvalue weighted by Crippen LogP contribution is -2.29. The van der Waals surface area contributed by atoms with E-state index in [1.54, 1.807) is 18.9 Å². The molecule has 3 heteroatoms. The van der Waals surface area contributed by atoms with E-state index in [-0.39, 0.29) is 11.3 Å². The Hall–Kier alpha value is -0.800. The third kappa shape index (κ3) is 4.49. The summed E-state index contributed by atoms with van der Waals surface area (Å²) >= 11 is 1.59. The Labute approximate surface area is 95.6 Å². The molecular formula is C12H17NOS. The molecule has 0 saturated heterocycles. The molecule has 0 bridgehead atoms. The van der Waals surface area contributed by atoms with Gasteiger partial charge in [0.15, 0.2) is 5.78 Å². The first-order chi connectivity index (χ1) is 6.88. The van der Waals surface area contributed by atoms with Gasteiger partial charge in [-0.15, -0.1) is 0 Å². The van der Waals surface area contributed by atoms with E-state index in [0.29, 0.717) is 0 Å². The van der Waals surface area contributed by atoms with E-state index in [0.717, 1.165) is 10.5 Å². The molecule has 0 atom stereocenters. The zero-order valence-electron chi connectivity index (χ0n) is 9.63. The van der Waals surface area contributed by atoms with Gasteiger partial charge in [0.05, 0.1) is 0 Å². The maximum absolute atomic E-state index is 11.1. The standard InChI is InChI=1S/C12H17NOS/c1-9(14)10-5-7-11(8-6-10)15-13-12(2,3)4/h5-8,13H,1-4H3. The summed E-state index contributed by atoms with van der Waals surface area (Å²) in [4.78, 5) is 12.2. The maximum atomic E-state index is 11.1. The summed E-state index contributed by atoms with van der Waals surface area (Å²) in [6, 6.07) is 7.63. The topological polar surface area (TPSA) is 29.1 Å². The monoisotopic (exact) mass is 223 g/mol. The molecule has 0 aliphatic rings. The van der Waals surface area contributed by atoms with Gasteiger partial charge in [0.2, 0.25) is 0 Å². The van der Waals surface area contributed by atoms with Gasteiger partial charge in [-0.1, -0.05) is 12.1 Å². The Morgan fingerprint density at radius 2 is 1.73 bits per heavy atom. The van der Waals surface area contributed by atoms with Crippen molar-refractivity contribution in [1.82, 2.24) is 4.72 Å². The molecule has 0 aromatic heterocycles. The second-order valence-corrected chi connectivity index (χ2v) is 5.41. The Kier molecular flexibility index (Phi) is 3.94. The van der Waals surface area contributed by atoms with Crippen molar-refractivity contribution in [3.8, 4) is 0 Å². The van der Waals surface area contributed by atoms with E-state index in [2.05, 4.69) is 25.5 Å². The highest BCUT2D eigenvalue weighted by molar-refractivity contribution is 7.97. The largest absolute Gasteiger partial charge is 0.295 e. The summed E-state index contributed by atoms with van der Waals surface area (Å²) in [6.07, 6.45) is 0. The first-order valence-electron chi connectivity index (χ1n) is 4.93. The van der Waals surface area contributed by atoms with Gasteiger partial charge in [0, 0.05) is 16.0 Å². The minimum atomic E-state index is 0.0872. The normalized spacial score (nSPS) is 11.5. The number of ketones is 1. The molecule has 1 aromatic carbocycles. The summed E-state index contributed by atoms with van der Waals surface area (Å²) in [6.45, 7) is 7.92. The number of benzene rings is 1. The van der Waals surface area contributed by atoms with Gasteiger partial charge in [-0.3, -0.25) is 9.52 Å². The van der Waals surface area contributed by atoms with E-state index in [1.807, 2.05) is 24.3 Å². The van der Waals surface area contributed by atoms with Crippen LogP contribution in [0.1, 0.15) is 38.1 Å². The van der Waals surface area contributed by atoms with Crippen LogP contribution in [0.15, 0.2) is 29.2 Å². The van der Waals surface area contributed by atoms with Crippen LogP contribution >= 0.6 is 11.9 Å². The van der Waals surface area contributed by atoms with Crippen LogP contribution in [0.2, 0.25) is 0 Å². The van der Waals surface area contributed by atoms with E-state index in [1.165, 1.54) is 0 Å². The number of hydrogen-bond acceptors (Lipinski definition) is 3. The summed E-state index contributed by atoms with van der Waals surface area (Å²) in [7, 11) is 0. The molecular weight excluding hydrogens is 206 g/mol. The molecule has 0 spiro atoms. The minimum absolute atomic E-state index is 0.0872. The molecule has 0 heterocycles. The van der Waals surface area contributed by atoms with Crippen LogP contribution in [0.4, 0.5) is 0 Å². The second-order valence-electron chi connectivity index (χ2n) is 4.53. The molecule has 0 radical (unpaired) electrons. The number of carbonyl (C=O) groups is 1. The first kappa shape index (κ1) is 12.3. The van der Waals surface area contributed by atoms with Crippen molar-refractivity contribution in [3.05, 3.63) is 29.8 Å². The molecule has 0 unspecified atom stereocenters. The zero-order chi connectivity index (χ0) is 11.5. The Morgan fingerprint density at radius 1 is 1.20 bits per heavy atom. The average Bonchev–Trinajstić information content (AvgIpc) is 2.14. The Balaban J connectivity index is 2.61. The van der Waals surface area contributed by atoms with Crippen LogP contribution in [0.3, 0.4) is 0 Å². The lowest BCUT2D eigenvalue weighted by atomic mass is 10.1. The molecule has 82 valence electrons. The van der Waals surface area contributed by atoms with E-state index < -0.39 is 0 Å². The minimum Gasteiger partial charge on any atom is -0.295 e. The predicted octanol–water partition coefficient (Wildman–Crippen LogP) is 3.28. The van der Waals surface area contributed by atoms with Crippen molar-refractivity contribution in [2.24, 2.45) is 0 Å². The van der Waals surface area contributed by atoms with Gasteiger partial charge in [-0.2, -0.15) is 0 Å². The average molecular weight is 223 g/mol. The first-order valence-corrected chi connectivity index (χ1v) is 5.75. The quantitative estimate of drug-likeness (QED) is 0.630. The number of hydrogen-bond donors (Lipinski definition) is 1. The van der Waals surface area contributed by atoms with Crippen molar-refractivity contribution in [1.29, 1.82) is 0 Å². The number of nitrogens with one attached hydrogen (secondary N) is 1. The van der Waals surface area contributed by atoms with Gasteiger partial charge in [0.25, 0.3) is 0 Å². The van der Waals surface area contributed by atoms with Gasteiger partial charge < -0.3 is 0 Å². The van der Waals surface area contributed by atoms with Crippen molar-refractivity contribution in [2.45, 2.75) is 38.1 Å². The van der Waals surface area contributed by atoms with Crippen LogP contribution in [0.5, 0.6) is 0 Å². The Morgan fingerprint density at radius 3 is 2.13 bits per heavy atom. The van der Waals surface area contributed by atoms with Crippen molar-refractivity contribution in [3.63, 3.8) is 0 Å². The van der Waals surface area contributed by atoms with E-state index in [4.69, 9.17) is 0 Å². The van der Waals surface area contributed by atoms with E-state index >= 15 is 0 Å². The number of rotatable bonds is 3. The highest BCUT2D eigenvalue weighted by Crippen LogP contribution is 2.18. The summed E-state index contributed by atoms with van der Waals surface area (Å²) < 4.78 is 3.32. The van der Waals surface area contributed by atoms with Crippen LogP contribution in [-0.4, -0.2) is 11.3 Å². The molecule has 1 aromatic rings. The molecule has 0 aliphatic carbocycles. The van der Waals surface area contributed by atoms with Gasteiger partial charge in [-0.05, 0) is 51.8 Å². The van der Waals surface area contributed by atoms with Crippen LogP contribution in [0, 0.1) is 0 Å². The van der Waals surface area contributed by atoms with Crippen molar-refractivity contribution in [2.75, 3.05) is 0 Å². The second kappa shape index (κ2) is 4.81.